The average molecular weight is 423 g/mol. The summed E-state index contributed by atoms with van der Waals surface area (Å²) in [5.41, 5.74) is -5.29. The SMILES string of the molecule is CN=C(NCCCNS(C)(=O)=O)NC1CCN(S(=O)(=O)C(F)(F)F)CC1. The molecular formula is C12H24F3N5O4S2. The van der Waals surface area contributed by atoms with E-state index in [-0.39, 0.29) is 38.5 Å². The molecule has 3 N–H and O–H groups in total. The molecule has 0 unspecified atom stereocenters. The number of sulfonamides is 2. The number of hydrogen-bond donors (Lipinski definition) is 3. The molecule has 1 rings (SSSR count). The van der Waals surface area contributed by atoms with E-state index >= 15 is 0 Å². The van der Waals surface area contributed by atoms with Crippen LogP contribution in [0.15, 0.2) is 4.99 Å². The van der Waals surface area contributed by atoms with Crippen LogP contribution in [0.1, 0.15) is 19.3 Å². The van der Waals surface area contributed by atoms with Crippen LogP contribution in [0.2, 0.25) is 0 Å². The van der Waals surface area contributed by atoms with E-state index in [2.05, 4.69) is 20.3 Å². The molecule has 1 fully saturated rings. The Morgan fingerprint density at radius 2 is 1.73 bits per heavy atom. The topological polar surface area (TPSA) is 120 Å². The maximum atomic E-state index is 12.5. The number of guanidine groups is 1. The maximum absolute atomic E-state index is 12.5. The maximum Gasteiger partial charge on any atom is 0.511 e. The Balaban J connectivity index is 2.39. The number of piperidine rings is 1. The van der Waals surface area contributed by atoms with Crippen LogP contribution in [-0.2, 0) is 20.0 Å². The van der Waals surface area contributed by atoms with Crippen molar-refractivity contribution >= 4 is 26.0 Å². The summed E-state index contributed by atoms with van der Waals surface area (Å²) in [4.78, 5) is 3.98. The second-order valence-electron chi connectivity index (χ2n) is 5.79. The van der Waals surface area contributed by atoms with Gasteiger partial charge >= 0.3 is 15.5 Å². The Morgan fingerprint density at radius 1 is 1.15 bits per heavy atom. The highest BCUT2D eigenvalue weighted by atomic mass is 32.2. The van der Waals surface area contributed by atoms with E-state index in [1.807, 2.05) is 0 Å². The number of alkyl halides is 3. The van der Waals surface area contributed by atoms with E-state index in [0.717, 1.165) is 6.26 Å². The Hall–Kier alpha value is -1.12. The number of nitrogens with one attached hydrogen (secondary N) is 3. The lowest BCUT2D eigenvalue weighted by Crippen LogP contribution is -2.51. The molecule has 0 aromatic carbocycles. The quantitative estimate of drug-likeness (QED) is 0.286. The number of aliphatic imine (C=N–C) groups is 1. The van der Waals surface area contributed by atoms with Crippen molar-refractivity contribution in [3.63, 3.8) is 0 Å². The predicted octanol–water partition coefficient (Wildman–Crippen LogP) is -0.595. The first-order chi connectivity index (χ1) is 11.9. The molecule has 0 atom stereocenters. The van der Waals surface area contributed by atoms with Gasteiger partial charge < -0.3 is 10.6 Å². The van der Waals surface area contributed by atoms with E-state index in [0.29, 0.717) is 23.2 Å². The molecule has 1 aliphatic rings. The van der Waals surface area contributed by atoms with Crippen molar-refractivity contribution < 1.29 is 30.0 Å². The van der Waals surface area contributed by atoms with Crippen LogP contribution in [0.5, 0.6) is 0 Å². The highest BCUT2D eigenvalue weighted by Gasteiger charge is 2.50. The minimum Gasteiger partial charge on any atom is -0.356 e. The van der Waals surface area contributed by atoms with Gasteiger partial charge in [0.05, 0.1) is 6.26 Å². The normalized spacial score (nSPS) is 18.7. The van der Waals surface area contributed by atoms with Crippen LogP contribution in [0, 0.1) is 0 Å². The van der Waals surface area contributed by atoms with Gasteiger partial charge in [0, 0.05) is 39.3 Å². The van der Waals surface area contributed by atoms with Gasteiger partial charge in [-0.05, 0) is 19.3 Å². The molecule has 0 amide bonds. The monoisotopic (exact) mass is 423 g/mol. The molecule has 0 radical (unpaired) electrons. The van der Waals surface area contributed by atoms with E-state index in [1.54, 1.807) is 0 Å². The molecule has 26 heavy (non-hydrogen) atoms. The van der Waals surface area contributed by atoms with E-state index in [1.165, 1.54) is 7.05 Å². The molecule has 0 aromatic rings. The van der Waals surface area contributed by atoms with Crippen LogP contribution in [0.4, 0.5) is 13.2 Å². The van der Waals surface area contributed by atoms with Crippen LogP contribution in [-0.4, -0.2) is 78.1 Å². The fraction of sp³-hybridized carbons (Fsp3) is 0.917. The summed E-state index contributed by atoms with van der Waals surface area (Å²) in [6, 6.07) is -0.213. The molecule has 0 aromatic heterocycles. The van der Waals surface area contributed by atoms with Crippen molar-refractivity contribution in [2.45, 2.75) is 30.8 Å². The Labute approximate surface area is 151 Å². The Kier molecular flexibility index (Phi) is 8.10. The summed E-state index contributed by atoms with van der Waals surface area (Å²) in [5.74, 6) is 0.418. The van der Waals surface area contributed by atoms with Crippen molar-refractivity contribution in [3.05, 3.63) is 0 Å². The molecule has 1 aliphatic heterocycles. The molecule has 0 saturated carbocycles. The van der Waals surface area contributed by atoms with Gasteiger partial charge in [-0.2, -0.15) is 17.5 Å². The molecule has 14 heteroatoms. The lowest BCUT2D eigenvalue weighted by molar-refractivity contribution is -0.0494. The lowest BCUT2D eigenvalue weighted by Gasteiger charge is -2.32. The number of rotatable bonds is 7. The summed E-state index contributed by atoms with van der Waals surface area (Å²) < 4.78 is 85.0. The van der Waals surface area contributed by atoms with E-state index < -0.39 is 25.6 Å². The fourth-order valence-corrected chi connectivity index (χ4v) is 3.83. The minimum atomic E-state index is -5.29. The van der Waals surface area contributed by atoms with E-state index in [9.17, 15) is 30.0 Å². The smallest absolute Gasteiger partial charge is 0.356 e. The summed E-state index contributed by atoms with van der Waals surface area (Å²) in [7, 11) is -7.00. The molecule has 9 nitrogen and oxygen atoms in total. The van der Waals surface area contributed by atoms with Crippen molar-refractivity contribution in [2.75, 3.05) is 39.5 Å². The van der Waals surface area contributed by atoms with Gasteiger partial charge in [-0.1, -0.05) is 0 Å². The van der Waals surface area contributed by atoms with Gasteiger partial charge in [0.2, 0.25) is 10.0 Å². The number of hydrogen-bond acceptors (Lipinski definition) is 5. The van der Waals surface area contributed by atoms with Gasteiger partial charge in [-0.25, -0.2) is 21.6 Å². The zero-order chi connectivity index (χ0) is 20.0. The third-order valence-electron chi connectivity index (χ3n) is 3.66. The molecule has 154 valence electrons. The highest BCUT2D eigenvalue weighted by molar-refractivity contribution is 7.90. The van der Waals surface area contributed by atoms with E-state index in [4.69, 9.17) is 0 Å². The van der Waals surface area contributed by atoms with Crippen LogP contribution in [0.25, 0.3) is 0 Å². The summed E-state index contributed by atoms with van der Waals surface area (Å²) >= 11 is 0. The molecule has 0 spiro atoms. The van der Waals surface area contributed by atoms with Gasteiger partial charge in [-0.15, -0.1) is 0 Å². The summed E-state index contributed by atoms with van der Waals surface area (Å²) in [5, 5.41) is 5.98. The van der Waals surface area contributed by atoms with Crippen molar-refractivity contribution in [1.82, 2.24) is 19.7 Å². The second kappa shape index (κ2) is 9.19. The van der Waals surface area contributed by atoms with Crippen LogP contribution >= 0.6 is 0 Å². The number of nitrogens with zero attached hydrogens (tertiary/aromatic N) is 2. The van der Waals surface area contributed by atoms with Crippen molar-refractivity contribution in [2.24, 2.45) is 4.99 Å². The molecule has 0 aliphatic carbocycles. The molecule has 0 bridgehead atoms. The Bertz CT molecular complexity index is 686. The second-order valence-corrected chi connectivity index (χ2v) is 9.55. The summed E-state index contributed by atoms with van der Waals surface area (Å²) in [6.45, 7) is 0.240. The van der Waals surface area contributed by atoms with Gasteiger partial charge in [0.1, 0.15) is 0 Å². The first-order valence-electron chi connectivity index (χ1n) is 7.85. The zero-order valence-corrected chi connectivity index (χ0v) is 16.1. The summed E-state index contributed by atoms with van der Waals surface area (Å²) in [6.07, 6.45) is 2.00. The van der Waals surface area contributed by atoms with Crippen LogP contribution < -0.4 is 15.4 Å². The average Bonchev–Trinajstić information content (AvgIpc) is 2.51. The third-order valence-corrected chi connectivity index (χ3v) is 6.02. The van der Waals surface area contributed by atoms with Crippen molar-refractivity contribution in [1.29, 1.82) is 0 Å². The van der Waals surface area contributed by atoms with Crippen molar-refractivity contribution in [3.8, 4) is 0 Å². The minimum absolute atomic E-state index is 0.213. The standard InChI is InChI=1S/C12H24F3N5O4S2/c1-16-11(17-6-3-7-18-25(2,21)22)19-10-4-8-20(9-5-10)26(23,24)12(13,14)15/h10,18H,3-9H2,1-2H3,(H2,16,17,19). The third kappa shape index (κ3) is 7.25. The molecular weight excluding hydrogens is 399 g/mol. The van der Waals surface area contributed by atoms with Crippen LogP contribution in [0.3, 0.4) is 0 Å². The first kappa shape index (κ1) is 22.9. The Morgan fingerprint density at radius 3 is 2.19 bits per heavy atom. The fourth-order valence-electron chi connectivity index (χ4n) is 2.33. The van der Waals surface area contributed by atoms with Gasteiger partial charge in [0.15, 0.2) is 5.96 Å². The number of halogens is 3. The zero-order valence-electron chi connectivity index (χ0n) is 14.5. The van der Waals surface area contributed by atoms with Gasteiger partial charge in [-0.3, -0.25) is 4.99 Å². The molecule has 1 saturated heterocycles. The van der Waals surface area contributed by atoms with Gasteiger partial charge in [0.25, 0.3) is 0 Å². The molecule has 1 heterocycles. The predicted molar refractivity (Wildman–Crippen MR) is 91.5 cm³/mol. The first-order valence-corrected chi connectivity index (χ1v) is 11.2. The highest BCUT2D eigenvalue weighted by Crippen LogP contribution is 2.28. The lowest BCUT2D eigenvalue weighted by atomic mass is 10.1. The largest absolute Gasteiger partial charge is 0.511 e.